The van der Waals surface area contributed by atoms with Crippen molar-refractivity contribution in [2.75, 3.05) is 14.2 Å². The summed E-state index contributed by atoms with van der Waals surface area (Å²) in [4.78, 5) is 14.3. The van der Waals surface area contributed by atoms with Crippen LogP contribution in [0.15, 0.2) is 60.9 Å². The predicted molar refractivity (Wildman–Crippen MR) is 115 cm³/mol. The molecule has 1 aliphatic heterocycles. The molecule has 0 spiro atoms. The zero-order valence-corrected chi connectivity index (χ0v) is 17.6. The van der Waals surface area contributed by atoms with Gasteiger partial charge in [-0.1, -0.05) is 25.1 Å². The van der Waals surface area contributed by atoms with Gasteiger partial charge in [-0.15, -0.1) is 0 Å². The monoisotopic (exact) mass is 405 g/mol. The fourth-order valence-electron chi connectivity index (χ4n) is 4.51. The summed E-state index contributed by atoms with van der Waals surface area (Å²) in [6.07, 6.45) is 5.62. The lowest BCUT2D eigenvalue weighted by Gasteiger charge is -2.30. The van der Waals surface area contributed by atoms with Gasteiger partial charge in [-0.05, 0) is 48.2 Å². The number of carbonyl (C=O) groups excluding carboxylic acids is 1. The van der Waals surface area contributed by atoms with E-state index in [1.807, 2.05) is 47.3 Å². The first-order valence-corrected chi connectivity index (χ1v) is 10.2. The largest absolute Gasteiger partial charge is 0.496 e. The highest BCUT2D eigenvalue weighted by atomic mass is 16.5. The van der Waals surface area contributed by atoms with Gasteiger partial charge in [-0.25, -0.2) is 4.68 Å². The fraction of sp³-hybridized carbons (Fsp3) is 0.333. The van der Waals surface area contributed by atoms with E-state index >= 15 is 0 Å². The van der Waals surface area contributed by atoms with E-state index in [1.54, 1.807) is 20.4 Å². The van der Waals surface area contributed by atoms with E-state index < -0.39 is 0 Å². The average molecular weight is 405 g/mol. The van der Waals surface area contributed by atoms with E-state index in [-0.39, 0.29) is 18.0 Å². The Kier molecular flexibility index (Phi) is 5.86. The van der Waals surface area contributed by atoms with E-state index in [9.17, 15) is 4.79 Å². The first kappa shape index (κ1) is 20.2. The molecule has 0 N–H and O–H groups in total. The summed E-state index contributed by atoms with van der Waals surface area (Å²) < 4.78 is 13.2. The van der Waals surface area contributed by atoms with Crippen LogP contribution in [0.25, 0.3) is 5.69 Å². The third-order valence-electron chi connectivity index (χ3n) is 5.94. The quantitative estimate of drug-likeness (QED) is 0.555. The van der Waals surface area contributed by atoms with Crippen LogP contribution in [-0.2, 0) is 11.3 Å². The van der Waals surface area contributed by atoms with Crippen LogP contribution in [0.4, 0.5) is 0 Å². The van der Waals surface area contributed by atoms with Gasteiger partial charge in [0.2, 0.25) is 0 Å². The van der Waals surface area contributed by atoms with Crippen LogP contribution in [0.2, 0.25) is 0 Å². The number of hydrogen-bond acceptors (Lipinski definition) is 5. The molecule has 6 nitrogen and oxygen atoms in total. The normalized spacial score (nSPS) is 21.5. The fourth-order valence-corrected chi connectivity index (χ4v) is 4.51. The van der Waals surface area contributed by atoms with Crippen molar-refractivity contribution in [1.29, 1.82) is 0 Å². The van der Waals surface area contributed by atoms with E-state index in [4.69, 9.17) is 9.47 Å². The van der Waals surface area contributed by atoms with E-state index in [0.29, 0.717) is 6.54 Å². The summed E-state index contributed by atoms with van der Waals surface area (Å²) in [6, 6.07) is 15.9. The minimum absolute atomic E-state index is 0.0228. The summed E-state index contributed by atoms with van der Waals surface area (Å²) in [5.41, 5.74) is 3.13. The standard InChI is InChI=1S/C24H27N3O3/c1-17-13-20(24-22(29-2)9-5-10-23(24)30-3)26(21(17)16-28)15-18-7-4-8-19(14-18)27-12-6-11-25-27/h4-12,14,16-17,20-21H,13,15H2,1-3H3. The van der Waals surface area contributed by atoms with Gasteiger partial charge in [0.15, 0.2) is 0 Å². The van der Waals surface area contributed by atoms with Gasteiger partial charge in [-0.3, -0.25) is 4.90 Å². The number of aromatic nitrogens is 2. The molecule has 2 heterocycles. The highest BCUT2D eigenvalue weighted by molar-refractivity contribution is 5.60. The second-order valence-corrected chi connectivity index (χ2v) is 7.72. The lowest BCUT2D eigenvalue weighted by Crippen LogP contribution is -2.34. The van der Waals surface area contributed by atoms with Crippen LogP contribution in [0.3, 0.4) is 0 Å². The SMILES string of the molecule is COc1cccc(OC)c1C1CC(C)C(C=O)N1Cc1cccc(-n2cccn2)c1. The first-order chi connectivity index (χ1) is 14.7. The maximum atomic E-state index is 12.0. The Morgan fingerprint density at radius 2 is 1.83 bits per heavy atom. The Bertz CT molecular complexity index is 980. The van der Waals surface area contributed by atoms with Gasteiger partial charge in [-0.2, -0.15) is 5.10 Å². The average Bonchev–Trinajstić information content (AvgIpc) is 3.41. The molecule has 3 atom stereocenters. The Morgan fingerprint density at radius 1 is 1.10 bits per heavy atom. The Labute approximate surface area is 177 Å². The molecular formula is C24H27N3O3. The molecule has 1 saturated heterocycles. The van der Waals surface area contributed by atoms with Gasteiger partial charge in [0.25, 0.3) is 0 Å². The molecule has 156 valence electrons. The lowest BCUT2D eigenvalue weighted by molar-refractivity contribution is -0.113. The number of likely N-dealkylation sites (tertiary alicyclic amines) is 1. The van der Waals surface area contributed by atoms with Gasteiger partial charge in [0, 0.05) is 25.0 Å². The molecular weight excluding hydrogens is 378 g/mol. The Balaban J connectivity index is 1.72. The molecule has 30 heavy (non-hydrogen) atoms. The minimum atomic E-state index is -0.169. The molecule has 3 unspecified atom stereocenters. The molecule has 6 heteroatoms. The van der Waals surface area contributed by atoms with E-state index in [1.165, 1.54) is 0 Å². The number of ether oxygens (including phenoxy) is 2. The van der Waals surface area contributed by atoms with E-state index in [0.717, 1.165) is 41.0 Å². The van der Waals surface area contributed by atoms with E-state index in [2.05, 4.69) is 29.1 Å². The van der Waals surface area contributed by atoms with Crippen molar-refractivity contribution in [2.45, 2.75) is 32.0 Å². The third kappa shape index (κ3) is 3.71. The van der Waals surface area contributed by atoms with Crippen LogP contribution in [0, 0.1) is 5.92 Å². The number of rotatable bonds is 7. The molecule has 0 bridgehead atoms. The molecule has 0 radical (unpaired) electrons. The topological polar surface area (TPSA) is 56.6 Å². The summed E-state index contributed by atoms with van der Waals surface area (Å²) in [6.45, 7) is 2.78. The van der Waals surface area contributed by atoms with Crippen molar-refractivity contribution in [1.82, 2.24) is 14.7 Å². The first-order valence-electron chi connectivity index (χ1n) is 10.2. The van der Waals surface area contributed by atoms with Crippen molar-refractivity contribution in [3.05, 3.63) is 72.1 Å². The van der Waals surface area contributed by atoms with Crippen LogP contribution in [0.5, 0.6) is 11.5 Å². The molecule has 0 amide bonds. The molecule has 3 aromatic rings. The third-order valence-corrected chi connectivity index (χ3v) is 5.94. The lowest BCUT2D eigenvalue weighted by atomic mass is 9.97. The predicted octanol–water partition coefficient (Wildman–Crippen LogP) is 4.04. The number of aldehydes is 1. The van der Waals surface area contributed by atoms with Crippen LogP contribution < -0.4 is 9.47 Å². The molecule has 1 aliphatic rings. The number of carbonyl (C=O) groups is 1. The van der Waals surface area contributed by atoms with Gasteiger partial charge in [0.1, 0.15) is 17.8 Å². The van der Waals surface area contributed by atoms with Crippen molar-refractivity contribution in [2.24, 2.45) is 5.92 Å². The molecule has 4 rings (SSSR count). The summed E-state index contributed by atoms with van der Waals surface area (Å²) in [7, 11) is 3.34. The zero-order chi connectivity index (χ0) is 21.1. The van der Waals surface area contributed by atoms with Crippen LogP contribution >= 0.6 is 0 Å². The van der Waals surface area contributed by atoms with Crippen molar-refractivity contribution in [3.8, 4) is 17.2 Å². The zero-order valence-electron chi connectivity index (χ0n) is 17.6. The second-order valence-electron chi connectivity index (χ2n) is 7.72. The second kappa shape index (κ2) is 8.71. The van der Waals surface area contributed by atoms with Crippen LogP contribution in [-0.4, -0.2) is 41.2 Å². The van der Waals surface area contributed by atoms with Gasteiger partial charge < -0.3 is 14.3 Å². The maximum Gasteiger partial charge on any atom is 0.137 e. The van der Waals surface area contributed by atoms with Crippen molar-refractivity contribution in [3.63, 3.8) is 0 Å². The molecule has 1 fully saturated rings. The Hall–Kier alpha value is -3.12. The summed E-state index contributed by atoms with van der Waals surface area (Å²) >= 11 is 0. The number of methoxy groups -OCH3 is 2. The number of benzene rings is 2. The summed E-state index contributed by atoms with van der Waals surface area (Å²) in [5.74, 6) is 1.80. The van der Waals surface area contributed by atoms with Gasteiger partial charge >= 0.3 is 0 Å². The molecule has 1 aromatic heterocycles. The molecule has 0 saturated carbocycles. The Morgan fingerprint density at radius 3 is 2.47 bits per heavy atom. The number of hydrogen-bond donors (Lipinski definition) is 0. The smallest absolute Gasteiger partial charge is 0.137 e. The summed E-state index contributed by atoms with van der Waals surface area (Å²) in [5, 5.41) is 4.32. The highest BCUT2D eigenvalue weighted by Gasteiger charge is 2.41. The van der Waals surface area contributed by atoms with Crippen molar-refractivity contribution < 1.29 is 14.3 Å². The van der Waals surface area contributed by atoms with Crippen molar-refractivity contribution >= 4 is 6.29 Å². The number of nitrogens with zero attached hydrogens (tertiary/aromatic N) is 3. The maximum absolute atomic E-state index is 12.0. The highest BCUT2D eigenvalue weighted by Crippen LogP contribution is 2.46. The minimum Gasteiger partial charge on any atom is -0.496 e. The van der Waals surface area contributed by atoms with Gasteiger partial charge in [0.05, 0.1) is 31.5 Å². The van der Waals surface area contributed by atoms with Crippen LogP contribution in [0.1, 0.15) is 30.5 Å². The molecule has 2 aromatic carbocycles. The molecule has 0 aliphatic carbocycles.